The smallest absolute Gasteiger partial charge is 0.322 e. The summed E-state index contributed by atoms with van der Waals surface area (Å²) < 4.78 is 48.4. The fraction of sp³-hybridized carbons (Fsp3) is 0.261. The molecule has 5 rings (SSSR count). The van der Waals surface area contributed by atoms with E-state index >= 15 is 0 Å². The summed E-state index contributed by atoms with van der Waals surface area (Å²) in [5, 5.41) is 0. The minimum atomic E-state index is -3.93. The van der Waals surface area contributed by atoms with Crippen LogP contribution >= 0.6 is 0 Å². The summed E-state index contributed by atoms with van der Waals surface area (Å²) in [5.74, 6) is -0.498. The molecule has 3 aromatic rings. The lowest BCUT2D eigenvalue weighted by atomic mass is 10.00. The molecular formula is C23H21FN4O4S. The summed E-state index contributed by atoms with van der Waals surface area (Å²) in [6.45, 7) is 3.82. The molecule has 0 unspecified atom stereocenters. The van der Waals surface area contributed by atoms with Gasteiger partial charge in [0.05, 0.1) is 27.7 Å². The molecule has 10 heteroatoms. The standard InChI is InChI=1S/C23H21FN4O4S/c1-13-21(14(2)26-23(25-13)32-19-6-4-3-5-18(19)24)27-33(30,31)17-11-15-7-8-20(29)28-10-9-16(12-17)22(15)28/h3-6,11-12,27H,7-10H2,1-2H3. The third kappa shape index (κ3) is 3.80. The van der Waals surface area contributed by atoms with E-state index in [0.29, 0.717) is 37.2 Å². The molecule has 3 heterocycles. The number of halogens is 1. The first-order valence-electron chi connectivity index (χ1n) is 10.5. The Hall–Kier alpha value is -3.53. The number of hydrogen-bond acceptors (Lipinski definition) is 6. The maximum Gasteiger partial charge on any atom is 0.322 e. The van der Waals surface area contributed by atoms with Crippen molar-refractivity contribution < 1.29 is 22.3 Å². The van der Waals surface area contributed by atoms with Crippen molar-refractivity contribution in [2.45, 2.75) is 38.0 Å². The fourth-order valence-corrected chi connectivity index (χ4v) is 5.56. The number of nitrogens with one attached hydrogen (secondary N) is 1. The molecule has 1 N–H and O–H groups in total. The Kier molecular flexibility index (Phi) is 5.04. The fourth-order valence-electron chi connectivity index (χ4n) is 4.28. The van der Waals surface area contributed by atoms with Gasteiger partial charge in [-0.25, -0.2) is 12.8 Å². The molecule has 1 amide bonds. The van der Waals surface area contributed by atoms with Gasteiger partial charge < -0.3 is 9.64 Å². The number of hydrogen-bond donors (Lipinski definition) is 1. The highest BCUT2D eigenvalue weighted by molar-refractivity contribution is 7.92. The normalized spacial score (nSPS) is 14.9. The zero-order chi connectivity index (χ0) is 23.3. The first kappa shape index (κ1) is 21.3. The molecule has 0 saturated carbocycles. The summed E-state index contributed by atoms with van der Waals surface area (Å²) in [6, 6.07) is 9.06. The summed E-state index contributed by atoms with van der Waals surface area (Å²) in [4.78, 5) is 22.4. The van der Waals surface area contributed by atoms with E-state index in [1.807, 2.05) is 0 Å². The number of amides is 1. The van der Waals surface area contributed by atoms with Crippen molar-refractivity contribution in [3.8, 4) is 11.8 Å². The first-order chi connectivity index (χ1) is 15.7. The molecule has 2 aromatic carbocycles. The third-order valence-corrected chi connectivity index (χ3v) is 7.19. The summed E-state index contributed by atoms with van der Waals surface area (Å²) >= 11 is 0. The van der Waals surface area contributed by atoms with Crippen LogP contribution in [0.15, 0.2) is 41.3 Å². The maximum absolute atomic E-state index is 13.9. The molecule has 0 atom stereocenters. The molecule has 0 bridgehead atoms. The van der Waals surface area contributed by atoms with Gasteiger partial charge in [-0.15, -0.1) is 0 Å². The molecule has 0 radical (unpaired) electrons. The Morgan fingerprint density at radius 2 is 1.70 bits per heavy atom. The minimum Gasteiger partial charge on any atom is -0.421 e. The van der Waals surface area contributed by atoms with Crippen LogP contribution in [0.5, 0.6) is 11.8 Å². The monoisotopic (exact) mass is 468 g/mol. The summed E-state index contributed by atoms with van der Waals surface area (Å²) in [6.07, 6.45) is 1.52. The Morgan fingerprint density at radius 3 is 2.39 bits per heavy atom. The summed E-state index contributed by atoms with van der Waals surface area (Å²) in [7, 11) is -3.93. The number of ether oxygens (including phenoxy) is 1. The van der Waals surface area contributed by atoms with Gasteiger partial charge >= 0.3 is 6.01 Å². The first-order valence-corrected chi connectivity index (χ1v) is 12.0. The number of para-hydroxylation sites is 1. The number of rotatable bonds is 5. The van der Waals surface area contributed by atoms with Gasteiger partial charge in [0.2, 0.25) is 5.91 Å². The van der Waals surface area contributed by atoms with Gasteiger partial charge in [-0.05, 0) is 62.1 Å². The van der Waals surface area contributed by atoms with Crippen molar-refractivity contribution in [2.24, 2.45) is 0 Å². The minimum absolute atomic E-state index is 0.0238. The van der Waals surface area contributed by atoms with Crippen LogP contribution in [0.2, 0.25) is 0 Å². The molecule has 170 valence electrons. The largest absolute Gasteiger partial charge is 0.421 e. The maximum atomic E-state index is 13.9. The van der Waals surface area contributed by atoms with Crippen molar-refractivity contribution in [1.29, 1.82) is 0 Å². The van der Waals surface area contributed by atoms with Crippen LogP contribution < -0.4 is 14.4 Å². The molecule has 2 aliphatic heterocycles. The number of anilines is 2. The topological polar surface area (TPSA) is 101 Å². The number of aryl methyl sites for hydroxylation is 3. The lowest BCUT2D eigenvalue weighted by Crippen LogP contribution is -2.33. The molecule has 0 aliphatic carbocycles. The molecule has 0 spiro atoms. The van der Waals surface area contributed by atoms with Crippen molar-refractivity contribution in [3.05, 3.63) is 64.7 Å². The molecule has 8 nitrogen and oxygen atoms in total. The number of sulfonamides is 1. The molecule has 0 fully saturated rings. The molecule has 0 saturated heterocycles. The van der Waals surface area contributed by atoms with Crippen LogP contribution in [0, 0.1) is 19.7 Å². The van der Waals surface area contributed by atoms with E-state index in [1.54, 1.807) is 43.0 Å². The number of carbonyl (C=O) groups excluding carboxylic acids is 1. The third-order valence-electron chi connectivity index (χ3n) is 5.86. The second-order valence-corrected chi connectivity index (χ2v) is 9.76. The molecular weight excluding hydrogens is 447 g/mol. The second-order valence-electron chi connectivity index (χ2n) is 8.08. The van der Waals surface area contributed by atoms with Crippen LogP contribution in [-0.4, -0.2) is 30.8 Å². The van der Waals surface area contributed by atoms with Gasteiger partial charge in [-0.3, -0.25) is 9.52 Å². The quantitative estimate of drug-likeness (QED) is 0.613. The van der Waals surface area contributed by atoms with Gasteiger partial charge in [0.15, 0.2) is 11.6 Å². The van der Waals surface area contributed by atoms with Crippen LogP contribution in [0.1, 0.15) is 28.9 Å². The van der Waals surface area contributed by atoms with Crippen LogP contribution in [-0.2, 0) is 27.7 Å². The highest BCUT2D eigenvalue weighted by Crippen LogP contribution is 2.39. The zero-order valence-corrected chi connectivity index (χ0v) is 18.9. The number of benzene rings is 2. The Morgan fingerprint density at radius 1 is 1.03 bits per heavy atom. The summed E-state index contributed by atoms with van der Waals surface area (Å²) in [5.41, 5.74) is 3.51. The second kappa shape index (κ2) is 7.80. The lowest BCUT2D eigenvalue weighted by molar-refractivity contribution is -0.118. The predicted molar refractivity (Wildman–Crippen MR) is 120 cm³/mol. The SMILES string of the molecule is Cc1nc(Oc2ccccc2F)nc(C)c1NS(=O)(=O)c1cc2c3c(c1)CCN3C(=O)CC2. The average molecular weight is 469 g/mol. The van der Waals surface area contributed by atoms with E-state index in [2.05, 4.69) is 14.7 Å². The number of nitrogens with zero attached hydrogens (tertiary/aromatic N) is 3. The van der Waals surface area contributed by atoms with Gasteiger partial charge in [0, 0.05) is 13.0 Å². The van der Waals surface area contributed by atoms with Crippen molar-refractivity contribution in [1.82, 2.24) is 9.97 Å². The average Bonchev–Trinajstić information content (AvgIpc) is 3.21. The molecule has 2 aliphatic rings. The number of carbonyl (C=O) groups is 1. The highest BCUT2D eigenvalue weighted by Gasteiger charge is 2.33. The number of aromatic nitrogens is 2. The van der Waals surface area contributed by atoms with Crippen molar-refractivity contribution >= 4 is 27.3 Å². The van der Waals surface area contributed by atoms with Crippen LogP contribution in [0.25, 0.3) is 0 Å². The van der Waals surface area contributed by atoms with Crippen LogP contribution in [0.3, 0.4) is 0 Å². The van der Waals surface area contributed by atoms with Crippen molar-refractivity contribution in [3.63, 3.8) is 0 Å². The Bertz CT molecular complexity index is 1380. The Labute approximate surface area is 190 Å². The highest BCUT2D eigenvalue weighted by atomic mass is 32.2. The van der Waals surface area contributed by atoms with Gasteiger partial charge in [-0.2, -0.15) is 9.97 Å². The van der Waals surface area contributed by atoms with E-state index in [-0.39, 0.29) is 28.3 Å². The van der Waals surface area contributed by atoms with E-state index in [1.165, 1.54) is 12.1 Å². The lowest BCUT2D eigenvalue weighted by Gasteiger charge is -2.25. The predicted octanol–water partition coefficient (Wildman–Crippen LogP) is 3.66. The Balaban J connectivity index is 1.45. The zero-order valence-electron chi connectivity index (χ0n) is 18.1. The van der Waals surface area contributed by atoms with E-state index < -0.39 is 15.8 Å². The van der Waals surface area contributed by atoms with E-state index in [0.717, 1.165) is 16.8 Å². The van der Waals surface area contributed by atoms with Crippen molar-refractivity contribution in [2.75, 3.05) is 16.2 Å². The van der Waals surface area contributed by atoms with Gasteiger partial charge in [-0.1, -0.05) is 12.1 Å². The van der Waals surface area contributed by atoms with E-state index in [4.69, 9.17) is 4.74 Å². The molecule has 33 heavy (non-hydrogen) atoms. The van der Waals surface area contributed by atoms with E-state index in [9.17, 15) is 17.6 Å². The molecule has 1 aromatic heterocycles. The van der Waals surface area contributed by atoms with Crippen LogP contribution in [0.4, 0.5) is 15.8 Å². The van der Waals surface area contributed by atoms with Gasteiger partial charge in [0.1, 0.15) is 0 Å². The van der Waals surface area contributed by atoms with Gasteiger partial charge in [0.25, 0.3) is 10.0 Å².